The molecule has 0 aliphatic heterocycles. The van der Waals surface area contributed by atoms with Crippen molar-refractivity contribution in [2.45, 2.75) is 19.5 Å². The fraction of sp³-hybridized carbons (Fsp3) is 0.267. The molecule has 1 unspecified atom stereocenters. The van der Waals surface area contributed by atoms with E-state index in [0.29, 0.717) is 11.6 Å². The Bertz CT molecular complexity index is 699. The summed E-state index contributed by atoms with van der Waals surface area (Å²) in [7, 11) is 1.91. The zero-order chi connectivity index (χ0) is 14.1. The van der Waals surface area contributed by atoms with Gasteiger partial charge in [-0.05, 0) is 26.1 Å². The molecule has 0 amide bonds. The highest BCUT2D eigenvalue weighted by molar-refractivity contribution is 6.31. The molecule has 0 saturated heterocycles. The highest BCUT2D eigenvalue weighted by Gasteiger charge is 2.17. The van der Waals surface area contributed by atoms with Gasteiger partial charge in [-0.25, -0.2) is 0 Å². The quantitative estimate of drug-likeness (QED) is 0.799. The van der Waals surface area contributed by atoms with Crippen LogP contribution in [0.25, 0.3) is 11.0 Å². The highest BCUT2D eigenvalue weighted by Crippen LogP contribution is 2.25. The summed E-state index contributed by atoms with van der Waals surface area (Å²) < 4.78 is 7.79. The zero-order valence-electron chi connectivity index (χ0n) is 11.4. The first kappa shape index (κ1) is 13.2. The summed E-state index contributed by atoms with van der Waals surface area (Å²) in [5.41, 5.74) is 1.86. The minimum Gasteiger partial charge on any atom is -0.459 e. The van der Waals surface area contributed by atoms with Crippen LogP contribution >= 0.6 is 11.6 Å². The lowest BCUT2D eigenvalue weighted by Gasteiger charge is -2.14. The van der Waals surface area contributed by atoms with Gasteiger partial charge >= 0.3 is 0 Å². The van der Waals surface area contributed by atoms with Gasteiger partial charge in [0.1, 0.15) is 11.3 Å². The molecule has 0 fully saturated rings. The van der Waals surface area contributed by atoms with Crippen molar-refractivity contribution in [3.8, 4) is 0 Å². The van der Waals surface area contributed by atoms with Gasteiger partial charge in [0, 0.05) is 5.39 Å². The fourth-order valence-electron chi connectivity index (χ4n) is 2.28. The van der Waals surface area contributed by atoms with Crippen LogP contribution in [0.15, 0.2) is 40.9 Å². The summed E-state index contributed by atoms with van der Waals surface area (Å²) in [6.45, 7) is 2.63. The lowest BCUT2D eigenvalue weighted by atomic mass is 10.2. The molecule has 0 radical (unpaired) electrons. The van der Waals surface area contributed by atoms with E-state index in [1.165, 1.54) is 0 Å². The van der Waals surface area contributed by atoms with E-state index in [9.17, 15) is 0 Å². The molecule has 20 heavy (non-hydrogen) atoms. The molecular weight excluding hydrogens is 274 g/mol. The number of hydrogen-bond donors (Lipinski definition) is 1. The summed E-state index contributed by atoms with van der Waals surface area (Å²) in [6, 6.07) is 10.1. The molecule has 0 spiro atoms. The fourth-order valence-corrected chi connectivity index (χ4v) is 2.42. The second-order valence-corrected chi connectivity index (χ2v) is 5.20. The predicted octanol–water partition coefficient (Wildman–Crippen LogP) is 3.55. The van der Waals surface area contributed by atoms with Crippen molar-refractivity contribution in [1.29, 1.82) is 0 Å². The molecule has 5 heteroatoms. The summed E-state index contributed by atoms with van der Waals surface area (Å²) in [6.07, 6.45) is 1.67. The van der Waals surface area contributed by atoms with Gasteiger partial charge in [0.25, 0.3) is 0 Å². The topological polar surface area (TPSA) is 43.0 Å². The van der Waals surface area contributed by atoms with E-state index < -0.39 is 0 Å². The maximum absolute atomic E-state index is 6.04. The van der Waals surface area contributed by atoms with E-state index >= 15 is 0 Å². The minimum atomic E-state index is 0.0528. The van der Waals surface area contributed by atoms with Gasteiger partial charge in [-0.3, -0.25) is 4.68 Å². The van der Waals surface area contributed by atoms with Crippen molar-refractivity contribution in [3.63, 3.8) is 0 Å². The first-order chi connectivity index (χ1) is 9.69. The van der Waals surface area contributed by atoms with Crippen LogP contribution in [0.1, 0.15) is 17.5 Å². The molecule has 0 aliphatic carbocycles. The average Bonchev–Trinajstić information content (AvgIpc) is 3.02. The largest absolute Gasteiger partial charge is 0.459 e. The number of furan rings is 1. The molecule has 2 heterocycles. The van der Waals surface area contributed by atoms with Crippen molar-refractivity contribution in [2.75, 3.05) is 7.05 Å². The molecular formula is C15H16ClN3O. The lowest BCUT2D eigenvalue weighted by Crippen LogP contribution is -2.22. The van der Waals surface area contributed by atoms with E-state index in [1.54, 1.807) is 6.20 Å². The van der Waals surface area contributed by atoms with E-state index in [4.69, 9.17) is 16.0 Å². The van der Waals surface area contributed by atoms with Crippen LogP contribution in [0.4, 0.5) is 0 Å². The lowest BCUT2D eigenvalue weighted by molar-refractivity contribution is 0.392. The Balaban J connectivity index is 1.91. The molecule has 0 saturated carbocycles. The maximum Gasteiger partial charge on any atom is 0.134 e. The van der Waals surface area contributed by atoms with Crippen molar-refractivity contribution in [3.05, 3.63) is 53.0 Å². The molecule has 1 atom stereocenters. The number of likely N-dealkylation sites (N-methyl/N-ethyl adjacent to an activating group) is 1. The number of aromatic nitrogens is 2. The molecule has 0 bridgehead atoms. The normalized spacial score (nSPS) is 12.9. The summed E-state index contributed by atoms with van der Waals surface area (Å²) in [5.74, 6) is 0.903. The third kappa shape index (κ3) is 2.32. The van der Waals surface area contributed by atoms with Gasteiger partial charge in [-0.1, -0.05) is 29.8 Å². The van der Waals surface area contributed by atoms with E-state index in [-0.39, 0.29) is 6.04 Å². The van der Waals surface area contributed by atoms with E-state index in [1.807, 2.05) is 42.9 Å². The first-order valence-corrected chi connectivity index (χ1v) is 6.90. The second kappa shape index (κ2) is 5.31. The van der Waals surface area contributed by atoms with Crippen LogP contribution in [-0.4, -0.2) is 16.8 Å². The number of fused-ring (bicyclic) bond motifs is 1. The Kier molecular flexibility index (Phi) is 3.51. The molecule has 1 aromatic carbocycles. The second-order valence-electron chi connectivity index (χ2n) is 4.79. The Morgan fingerprint density at radius 3 is 2.85 bits per heavy atom. The van der Waals surface area contributed by atoms with Crippen LogP contribution in [0.5, 0.6) is 0 Å². The van der Waals surface area contributed by atoms with Crippen molar-refractivity contribution < 1.29 is 4.42 Å². The van der Waals surface area contributed by atoms with E-state index in [2.05, 4.69) is 16.5 Å². The number of hydrogen-bond acceptors (Lipinski definition) is 3. The Hall–Kier alpha value is -1.78. The molecule has 4 nitrogen and oxygen atoms in total. The predicted molar refractivity (Wildman–Crippen MR) is 80.0 cm³/mol. The number of nitrogens with zero attached hydrogens (tertiary/aromatic N) is 2. The van der Waals surface area contributed by atoms with Gasteiger partial charge in [-0.2, -0.15) is 5.10 Å². The Morgan fingerprint density at radius 2 is 2.20 bits per heavy atom. The molecule has 1 N–H and O–H groups in total. The standard InChI is InChI=1S/C15H16ClN3O/c1-10-12(16)8-18-19(10)9-13(17-2)15-7-11-5-3-4-6-14(11)20-15/h3-8,13,17H,9H2,1-2H3. The number of nitrogens with one attached hydrogen (secondary N) is 1. The van der Waals surface area contributed by atoms with Crippen molar-refractivity contribution >= 4 is 22.6 Å². The summed E-state index contributed by atoms with van der Waals surface area (Å²) in [4.78, 5) is 0. The molecule has 2 aromatic heterocycles. The molecule has 104 valence electrons. The third-order valence-electron chi connectivity index (χ3n) is 3.54. The molecule has 3 rings (SSSR count). The van der Waals surface area contributed by atoms with Crippen LogP contribution in [-0.2, 0) is 6.54 Å². The van der Waals surface area contributed by atoms with Crippen molar-refractivity contribution in [1.82, 2.24) is 15.1 Å². The SMILES string of the molecule is CNC(Cn1ncc(Cl)c1C)c1cc2ccccc2o1. The van der Waals surface area contributed by atoms with Crippen LogP contribution in [0.3, 0.4) is 0 Å². The smallest absolute Gasteiger partial charge is 0.134 e. The summed E-state index contributed by atoms with van der Waals surface area (Å²) in [5, 5.41) is 9.35. The van der Waals surface area contributed by atoms with Crippen LogP contribution < -0.4 is 5.32 Å². The van der Waals surface area contributed by atoms with Crippen LogP contribution in [0.2, 0.25) is 5.02 Å². The number of halogens is 1. The number of para-hydroxylation sites is 1. The average molecular weight is 290 g/mol. The minimum absolute atomic E-state index is 0.0528. The monoisotopic (exact) mass is 289 g/mol. The van der Waals surface area contributed by atoms with Crippen LogP contribution in [0, 0.1) is 6.92 Å². The molecule has 3 aromatic rings. The Morgan fingerprint density at radius 1 is 1.40 bits per heavy atom. The van der Waals surface area contributed by atoms with Crippen molar-refractivity contribution in [2.24, 2.45) is 0 Å². The van der Waals surface area contributed by atoms with Gasteiger partial charge in [0.2, 0.25) is 0 Å². The third-order valence-corrected chi connectivity index (χ3v) is 3.91. The van der Waals surface area contributed by atoms with E-state index in [0.717, 1.165) is 22.4 Å². The highest BCUT2D eigenvalue weighted by atomic mass is 35.5. The molecule has 0 aliphatic rings. The summed E-state index contributed by atoms with van der Waals surface area (Å²) >= 11 is 6.04. The zero-order valence-corrected chi connectivity index (χ0v) is 12.2. The van der Waals surface area contributed by atoms with Gasteiger partial charge in [0.05, 0.1) is 29.5 Å². The van der Waals surface area contributed by atoms with Gasteiger partial charge < -0.3 is 9.73 Å². The maximum atomic E-state index is 6.04. The first-order valence-electron chi connectivity index (χ1n) is 6.52. The Labute approximate surface area is 122 Å². The number of rotatable bonds is 4. The number of benzene rings is 1. The van der Waals surface area contributed by atoms with Gasteiger partial charge in [0.15, 0.2) is 0 Å². The van der Waals surface area contributed by atoms with Gasteiger partial charge in [-0.15, -0.1) is 0 Å².